The van der Waals surface area contributed by atoms with Crippen LogP contribution in [0.25, 0.3) is 0 Å². The molecule has 110 valence electrons. The first-order valence-corrected chi connectivity index (χ1v) is 8.05. The predicted molar refractivity (Wildman–Crippen MR) is 88.4 cm³/mol. The summed E-state index contributed by atoms with van der Waals surface area (Å²) in [4.78, 5) is 12.9. The molecule has 0 radical (unpaired) electrons. The van der Waals surface area contributed by atoms with Gasteiger partial charge in [-0.3, -0.25) is 4.79 Å². The van der Waals surface area contributed by atoms with Gasteiger partial charge in [0.15, 0.2) is 0 Å². The molecular formula is C13H22BrClN2OS. The topological polar surface area (TPSA) is 41.1 Å². The van der Waals surface area contributed by atoms with Crippen LogP contribution in [0.4, 0.5) is 0 Å². The second kappa shape index (κ2) is 11.7. The summed E-state index contributed by atoms with van der Waals surface area (Å²) in [5.74, 6) is 0.156. The summed E-state index contributed by atoms with van der Waals surface area (Å²) in [7, 11) is 0. The molecule has 6 heteroatoms. The predicted octanol–water partition coefficient (Wildman–Crippen LogP) is 3.37. The van der Waals surface area contributed by atoms with Crippen molar-refractivity contribution in [3.8, 4) is 0 Å². The first kappa shape index (κ1) is 18.9. The van der Waals surface area contributed by atoms with E-state index in [9.17, 15) is 4.79 Å². The molecule has 1 rings (SSSR count). The van der Waals surface area contributed by atoms with Crippen LogP contribution in [0, 0.1) is 0 Å². The molecule has 0 aliphatic heterocycles. The Hall–Kier alpha value is -0.100. The third-order valence-electron chi connectivity index (χ3n) is 2.51. The second-order valence-corrected chi connectivity index (χ2v) is 6.71. The SMILES string of the molecule is CCCNCCNC(=O)CCCc1ccc(Br)s1.Cl. The largest absolute Gasteiger partial charge is 0.355 e. The zero-order chi connectivity index (χ0) is 13.2. The fourth-order valence-electron chi connectivity index (χ4n) is 1.59. The number of rotatable bonds is 9. The van der Waals surface area contributed by atoms with Crippen LogP contribution < -0.4 is 10.6 Å². The van der Waals surface area contributed by atoms with E-state index >= 15 is 0 Å². The maximum absolute atomic E-state index is 11.5. The van der Waals surface area contributed by atoms with Crippen molar-refractivity contribution in [3.05, 3.63) is 20.8 Å². The standard InChI is InChI=1S/C13H21BrN2OS.ClH/c1-2-8-15-9-10-16-13(17)5-3-4-11-6-7-12(14)18-11;/h6-7,15H,2-5,8-10H2,1H3,(H,16,17);1H. The summed E-state index contributed by atoms with van der Waals surface area (Å²) in [6.45, 7) is 4.73. The zero-order valence-electron chi connectivity index (χ0n) is 11.2. The highest BCUT2D eigenvalue weighted by Crippen LogP contribution is 2.23. The van der Waals surface area contributed by atoms with E-state index in [4.69, 9.17) is 0 Å². The third kappa shape index (κ3) is 9.44. The molecule has 2 N–H and O–H groups in total. The molecule has 1 amide bonds. The molecule has 1 aromatic rings. The lowest BCUT2D eigenvalue weighted by molar-refractivity contribution is -0.121. The Morgan fingerprint density at radius 3 is 2.74 bits per heavy atom. The van der Waals surface area contributed by atoms with Gasteiger partial charge in [-0.25, -0.2) is 0 Å². The Morgan fingerprint density at radius 1 is 1.32 bits per heavy atom. The van der Waals surface area contributed by atoms with Crippen LogP contribution in [0.3, 0.4) is 0 Å². The van der Waals surface area contributed by atoms with Gasteiger partial charge in [0.25, 0.3) is 0 Å². The average molecular weight is 370 g/mol. The van der Waals surface area contributed by atoms with E-state index in [2.05, 4.69) is 45.6 Å². The van der Waals surface area contributed by atoms with Crippen molar-refractivity contribution in [2.24, 2.45) is 0 Å². The smallest absolute Gasteiger partial charge is 0.220 e. The van der Waals surface area contributed by atoms with Gasteiger partial charge < -0.3 is 10.6 Å². The van der Waals surface area contributed by atoms with Crippen molar-refractivity contribution in [3.63, 3.8) is 0 Å². The van der Waals surface area contributed by atoms with Gasteiger partial charge in [0.1, 0.15) is 0 Å². The molecule has 0 aliphatic rings. The maximum atomic E-state index is 11.5. The Morgan fingerprint density at radius 2 is 2.11 bits per heavy atom. The fourth-order valence-corrected chi connectivity index (χ4v) is 3.11. The van der Waals surface area contributed by atoms with Crippen molar-refractivity contribution < 1.29 is 4.79 Å². The third-order valence-corrected chi connectivity index (χ3v) is 4.19. The molecule has 19 heavy (non-hydrogen) atoms. The number of hydrogen-bond acceptors (Lipinski definition) is 3. The van der Waals surface area contributed by atoms with E-state index in [0.29, 0.717) is 6.42 Å². The lowest BCUT2D eigenvalue weighted by atomic mass is 10.2. The molecule has 0 saturated heterocycles. The molecule has 0 unspecified atom stereocenters. The first-order chi connectivity index (χ1) is 8.72. The minimum atomic E-state index is 0. The van der Waals surface area contributed by atoms with Crippen LogP contribution >= 0.6 is 39.7 Å². The highest BCUT2D eigenvalue weighted by molar-refractivity contribution is 9.11. The fraction of sp³-hybridized carbons (Fsp3) is 0.615. The average Bonchev–Trinajstić information content (AvgIpc) is 2.75. The number of carbonyl (C=O) groups excluding carboxylic acids is 1. The molecular weight excluding hydrogens is 348 g/mol. The number of halogens is 2. The molecule has 0 aliphatic carbocycles. The number of thiophene rings is 1. The van der Waals surface area contributed by atoms with Gasteiger partial charge in [0, 0.05) is 24.4 Å². The summed E-state index contributed by atoms with van der Waals surface area (Å²) in [5.41, 5.74) is 0. The van der Waals surface area contributed by atoms with E-state index in [1.807, 2.05) is 0 Å². The van der Waals surface area contributed by atoms with E-state index in [-0.39, 0.29) is 18.3 Å². The van der Waals surface area contributed by atoms with Crippen molar-refractivity contribution in [1.29, 1.82) is 0 Å². The number of nitrogens with one attached hydrogen (secondary N) is 2. The van der Waals surface area contributed by atoms with E-state index in [0.717, 1.165) is 42.7 Å². The molecule has 0 fully saturated rings. The number of hydrogen-bond donors (Lipinski definition) is 2. The van der Waals surface area contributed by atoms with Crippen molar-refractivity contribution in [2.75, 3.05) is 19.6 Å². The molecule has 0 atom stereocenters. The summed E-state index contributed by atoms with van der Waals surface area (Å²) in [6.07, 6.45) is 3.65. The number of amides is 1. The highest BCUT2D eigenvalue weighted by Gasteiger charge is 2.02. The monoisotopic (exact) mass is 368 g/mol. The number of aryl methyl sites for hydroxylation is 1. The van der Waals surface area contributed by atoms with Crippen LogP contribution in [-0.2, 0) is 11.2 Å². The first-order valence-electron chi connectivity index (χ1n) is 6.44. The normalized spacial score (nSPS) is 10.0. The summed E-state index contributed by atoms with van der Waals surface area (Å²) in [5, 5.41) is 6.18. The minimum Gasteiger partial charge on any atom is -0.355 e. The van der Waals surface area contributed by atoms with Crippen LogP contribution in [0.1, 0.15) is 31.1 Å². The van der Waals surface area contributed by atoms with Crippen LogP contribution in [-0.4, -0.2) is 25.5 Å². The van der Waals surface area contributed by atoms with Gasteiger partial charge in [-0.15, -0.1) is 23.7 Å². The molecule has 0 spiro atoms. The quantitative estimate of drug-likeness (QED) is 0.655. The Balaban J connectivity index is 0.00000324. The second-order valence-electron chi connectivity index (χ2n) is 4.16. The molecule has 1 aromatic heterocycles. The maximum Gasteiger partial charge on any atom is 0.220 e. The van der Waals surface area contributed by atoms with Crippen LogP contribution in [0.5, 0.6) is 0 Å². The molecule has 3 nitrogen and oxygen atoms in total. The molecule has 1 heterocycles. The highest BCUT2D eigenvalue weighted by atomic mass is 79.9. The minimum absolute atomic E-state index is 0. The van der Waals surface area contributed by atoms with Gasteiger partial charge in [-0.1, -0.05) is 6.92 Å². The van der Waals surface area contributed by atoms with E-state index in [1.54, 1.807) is 11.3 Å². The zero-order valence-corrected chi connectivity index (χ0v) is 14.4. The van der Waals surface area contributed by atoms with Crippen molar-refractivity contribution >= 4 is 45.6 Å². The molecule has 0 bridgehead atoms. The van der Waals surface area contributed by atoms with Gasteiger partial charge in [-0.2, -0.15) is 0 Å². The van der Waals surface area contributed by atoms with Gasteiger partial charge >= 0.3 is 0 Å². The van der Waals surface area contributed by atoms with Gasteiger partial charge in [0.2, 0.25) is 5.91 Å². The van der Waals surface area contributed by atoms with Crippen LogP contribution in [0.2, 0.25) is 0 Å². The summed E-state index contributed by atoms with van der Waals surface area (Å²) in [6, 6.07) is 4.17. The molecule has 0 saturated carbocycles. The lowest BCUT2D eigenvalue weighted by Gasteiger charge is -2.05. The Labute approximate surface area is 134 Å². The van der Waals surface area contributed by atoms with Crippen molar-refractivity contribution in [2.45, 2.75) is 32.6 Å². The van der Waals surface area contributed by atoms with Gasteiger partial charge in [-0.05, 0) is 53.9 Å². The van der Waals surface area contributed by atoms with Crippen molar-refractivity contribution in [1.82, 2.24) is 10.6 Å². The summed E-state index contributed by atoms with van der Waals surface area (Å²) < 4.78 is 1.16. The number of carbonyl (C=O) groups is 1. The molecule has 0 aromatic carbocycles. The Kier molecular flexibility index (Phi) is 11.6. The Bertz CT molecular complexity index is 360. The van der Waals surface area contributed by atoms with Gasteiger partial charge in [0.05, 0.1) is 3.79 Å². The lowest BCUT2D eigenvalue weighted by Crippen LogP contribution is -2.31. The van der Waals surface area contributed by atoms with E-state index in [1.165, 1.54) is 4.88 Å². The van der Waals surface area contributed by atoms with Crippen LogP contribution in [0.15, 0.2) is 15.9 Å². The van der Waals surface area contributed by atoms with E-state index < -0.39 is 0 Å². The summed E-state index contributed by atoms with van der Waals surface area (Å²) >= 11 is 5.18.